The summed E-state index contributed by atoms with van der Waals surface area (Å²) < 4.78 is 38.5. The van der Waals surface area contributed by atoms with Gasteiger partial charge in [0.25, 0.3) is 0 Å². The molecule has 1 saturated carbocycles. The van der Waals surface area contributed by atoms with Crippen LogP contribution in [0.15, 0.2) is 23.1 Å². The van der Waals surface area contributed by atoms with E-state index in [9.17, 15) is 13.2 Å². The number of ether oxygens (including phenoxy) is 2. The second-order valence-corrected chi connectivity index (χ2v) is 9.82. The highest BCUT2D eigenvalue weighted by atomic mass is 32.2. The van der Waals surface area contributed by atoms with Gasteiger partial charge in [0, 0.05) is 25.2 Å². The molecule has 7 nitrogen and oxygen atoms in total. The van der Waals surface area contributed by atoms with Gasteiger partial charge in [-0.2, -0.15) is 4.31 Å². The molecule has 1 aliphatic carbocycles. The SMILES string of the molecule is COc1ccc(OC)c(S(=O)(=O)N2CCCC(C(=O)NC3CCCCCC3)C2)c1. The number of nitrogens with zero attached hydrogens (tertiary/aromatic N) is 1. The molecule has 1 unspecified atom stereocenters. The van der Waals surface area contributed by atoms with E-state index in [1.165, 1.54) is 37.4 Å². The topological polar surface area (TPSA) is 84.9 Å². The van der Waals surface area contributed by atoms with Crippen molar-refractivity contribution in [2.24, 2.45) is 5.92 Å². The number of amides is 1. The lowest BCUT2D eigenvalue weighted by atomic mass is 9.97. The van der Waals surface area contributed by atoms with Crippen LogP contribution in [0.4, 0.5) is 0 Å². The van der Waals surface area contributed by atoms with Crippen LogP contribution in [-0.2, 0) is 14.8 Å². The lowest BCUT2D eigenvalue weighted by Gasteiger charge is -2.32. The van der Waals surface area contributed by atoms with Gasteiger partial charge in [0.2, 0.25) is 15.9 Å². The molecule has 1 heterocycles. The Bertz CT molecular complexity index is 803. The van der Waals surface area contributed by atoms with Crippen LogP contribution >= 0.6 is 0 Å². The molecule has 1 amide bonds. The molecule has 3 rings (SSSR count). The summed E-state index contributed by atoms with van der Waals surface area (Å²) in [6.45, 7) is 0.594. The van der Waals surface area contributed by atoms with E-state index in [0.29, 0.717) is 25.1 Å². The fourth-order valence-electron chi connectivity index (χ4n) is 4.24. The van der Waals surface area contributed by atoms with Crippen molar-refractivity contribution in [3.8, 4) is 11.5 Å². The third-order valence-corrected chi connectivity index (χ3v) is 7.83. The number of rotatable bonds is 6. The fourth-order valence-corrected chi connectivity index (χ4v) is 5.94. The summed E-state index contributed by atoms with van der Waals surface area (Å²) in [6.07, 6.45) is 8.14. The number of carbonyl (C=O) groups excluding carboxylic acids is 1. The molecule has 1 saturated heterocycles. The van der Waals surface area contributed by atoms with Crippen LogP contribution in [0.5, 0.6) is 11.5 Å². The summed E-state index contributed by atoms with van der Waals surface area (Å²) in [5.41, 5.74) is 0. The number of hydrogen-bond donors (Lipinski definition) is 1. The minimum atomic E-state index is -3.79. The van der Waals surface area contributed by atoms with Crippen LogP contribution < -0.4 is 14.8 Å². The molecule has 0 bridgehead atoms. The van der Waals surface area contributed by atoms with Crippen molar-refractivity contribution >= 4 is 15.9 Å². The van der Waals surface area contributed by atoms with Gasteiger partial charge in [0.05, 0.1) is 20.1 Å². The average molecular weight is 425 g/mol. The van der Waals surface area contributed by atoms with E-state index in [2.05, 4.69) is 5.32 Å². The minimum absolute atomic E-state index is 0.0191. The Hall–Kier alpha value is -1.80. The maximum absolute atomic E-state index is 13.3. The van der Waals surface area contributed by atoms with Gasteiger partial charge in [0.15, 0.2) is 0 Å². The van der Waals surface area contributed by atoms with Crippen molar-refractivity contribution in [1.82, 2.24) is 9.62 Å². The van der Waals surface area contributed by atoms with Crippen LogP contribution in [-0.4, -0.2) is 52.0 Å². The first kappa shape index (κ1) is 21.9. The van der Waals surface area contributed by atoms with Gasteiger partial charge in [-0.1, -0.05) is 25.7 Å². The molecule has 0 aromatic heterocycles. The summed E-state index contributed by atoms with van der Waals surface area (Å²) in [4.78, 5) is 12.9. The molecule has 1 aromatic carbocycles. The van der Waals surface area contributed by atoms with Gasteiger partial charge in [0.1, 0.15) is 16.4 Å². The van der Waals surface area contributed by atoms with E-state index >= 15 is 0 Å². The normalized spacial score (nSPS) is 21.9. The van der Waals surface area contributed by atoms with Crippen LogP contribution in [0.1, 0.15) is 51.4 Å². The Morgan fingerprint density at radius 2 is 1.76 bits per heavy atom. The van der Waals surface area contributed by atoms with Crippen molar-refractivity contribution in [3.63, 3.8) is 0 Å². The second kappa shape index (κ2) is 9.80. The van der Waals surface area contributed by atoms with Crippen LogP contribution in [0.25, 0.3) is 0 Å². The molecular weight excluding hydrogens is 392 g/mol. The third kappa shape index (κ3) is 5.22. The molecule has 2 aliphatic rings. The Morgan fingerprint density at radius 3 is 2.41 bits per heavy atom. The largest absolute Gasteiger partial charge is 0.497 e. The zero-order valence-corrected chi connectivity index (χ0v) is 18.2. The van der Waals surface area contributed by atoms with Crippen molar-refractivity contribution in [2.45, 2.75) is 62.3 Å². The number of benzene rings is 1. The molecule has 1 aliphatic heterocycles. The molecule has 1 aromatic rings. The third-order valence-electron chi connectivity index (χ3n) is 5.95. The van der Waals surface area contributed by atoms with Gasteiger partial charge in [-0.05, 0) is 37.8 Å². The summed E-state index contributed by atoms with van der Waals surface area (Å²) in [7, 11) is -0.857. The molecule has 29 heavy (non-hydrogen) atoms. The molecule has 1 N–H and O–H groups in total. The van der Waals surface area contributed by atoms with Crippen LogP contribution in [0, 0.1) is 5.92 Å². The average Bonchev–Trinajstić information content (AvgIpc) is 3.02. The number of nitrogens with one attached hydrogen (secondary N) is 1. The highest BCUT2D eigenvalue weighted by Gasteiger charge is 2.35. The summed E-state index contributed by atoms with van der Waals surface area (Å²) >= 11 is 0. The van der Waals surface area contributed by atoms with Crippen molar-refractivity contribution in [3.05, 3.63) is 18.2 Å². The highest BCUT2D eigenvalue weighted by molar-refractivity contribution is 7.89. The predicted octanol–water partition coefficient (Wildman–Crippen LogP) is 2.94. The first-order valence-electron chi connectivity index (χ1n) is 10.5. The Labute approximate surface area is 173 Å². The van der Waals surface area contributed by atoms with Crippen molar-refractivity contribution in [1.29, 1.82) is 0 Å². The number of carbonyl (C=O) groups is 1. The van der Waals surface area contributed by atoms with Gasteiger partial charge >= 0.3 is 0 Å². The molecule has 2 fully saturated rings. The Kier molecular flexibility index (Phi) is 7.40. The number of hydrogen-bond acceptors (Lipinski definition) is 5. The molecular formula is C21H32N2O5S. The van der Waals surface area contributed by atoms with Gasteiger partial charge in [-0.25, -0.2) is 8.42 Å². The quantitative estimate of drug-likeness (QED) is 0.710. The second-order valence-electron chi connectivity index (χ2n) is 7.92. The van der Waals surface area contributed by atoms with Crippen LogP contribution in [0.2, 0.25) is 0 Å². The molecule has 8 heteroatoms. The standard InChI is InChI=1S/C21H32N2O5S/c1-27-18-11-12-19(28-2)20(14-18)29(25,26)23-13-7-8-16(15-23)21(24)22-17-9-5-3-4-6-10-17/h11-12,14,16-17H,3-10,13,15H2,1-2H3,(H,22,24). The Balaban J connectivity index is 1.73. The van der Waals surface area contributed by atoms with Gasteiger partial charge < -0.3 is 14.8 Å². The monoisotopic (exact) mass is 424 g/mol. The first-order valence-corrected chi connectivity index (χ1v) is 11.9. The Morgan fingerprint density at radius 1 is 1.03 bits per heavy atom. The lowest BCUT2D eigenvalue weighted by molar-refractivity contribution is -0.126. The number of piperidine rings is 1. The fraction of sp³-hybridized carbons (Fsp3) is 0.667. The summed E-state index contributed by atoms with van der Waals surface area (Å²) in [6, 6.07) is 4.95. The van der Waals surface area contributed by atoms with E-state index < -0.39 is 10.0 Å². The van der Waals surface area contributed by atoms with Gasteiger partial charge in [-0.15, -0.1) is 0 Å². The predicted molar refractivity (Wildman–Crippen MR) is 111 cm³/mol. The molecule has 162 valence electrons. The van der Waals surface area contributed by atoms with E-state index in [0.717, 1.165) is 25.7 Å². The van der Waals surface area contributed by atoms with Crippen molar-refractivity contribution < 1.29 is 22.7 Å². The number of methoxy groups -OCH3 is 2. The zero-order valence-electron chi connectivity index (χ0n) is 17.4. The van der Waals surface area contributed by atoms with E-state index in [4.69, 9.17) is 9.47 Å². The summed E-state index contributed by atoms with van der Waals surface area (Å²) in [5.74, 6) is 0.382. The smallest absolute Gasteiger partial charge is 0.246 e. The summed E-state index contributed by atoms with van der Waals surface area (Å²) in [5, 5.41) is 3.18. The maximum Gasteiger partial charge on any atom is 0.246 e. The minimum Gasteiger partial charge on any atom is -0.497 e. The molecule has 0 spiro atoms. The van der Waals surface area contributed by atoms with Gasteiger partial charge in [-0.3, -0.25) is 4.79 Å². The van der Waals surface area contributed by atoms with E-state index in [1.807, 2.05) is 0 Å². The van der Waals surface area contributed by atoms with E-state index in [1.54, 1.807) is 12.1 Å². The lowest BCUT2D eigenvalue weighted by Crippen LogP contribution is -2.47. The first-order chi connectivity index (χ1) is 14.0. The van der Waals surface area contributed by atoms with Crippen molar-refractivity contribution in [2.75, 3.05) is 27.3 Å². The zero-order chi connectivity index (χ0) is 20.9. The molecule has 1 atom stereocenters. The van der Waals surface area contributed by atoms with Crippen LogP contribution in [0.3, 0.4) is 0 Å². The maximum atomic E-state index is 13.3. The number of sulfonamides is 1. The highest BCUT2D eigenvalue weighted by Crippen LogP contribution is 2.32. The van der Waals surface area contributed by atoms with E-state index in [-0.39, 0.29) is 35.1 Å². The molecule has 0 radical (unpaired) electrons.